The lowest BCUT2D eigenvalue weighted by Gasteiger charge is -2.13. The number of nitriles is 1. The molecular weight excluding hydrogens is 271 g/mol. The van der Waals surface area contributed by atoms with Gasteiger partial charge in [0.15, 0.2) is 0 Å². The topological polar surface area (TPSA) is 59.3 Å². The molecule has 0 N–H and O–H groups in total. The summed E-state index contributed by atoms with van der Waals surface area (Å²) < 4.78 is 44.4. The highest BCUT2D eigenvalue weighted by Crippen LogP contribution is 2.31. The number of hydrogen-bond donors (Lipinski definition) is 1. The van der Waals surface area contributed by atoms with E-state index in [4.69, 9.17) is 5.26 Å². The van der Waals surface area contributed by atoms with Gasteiger partial charge in [-0.15, -0.1) is 25.8 Å². The van der Waals surface area contributed by atoms with Crippen LogP contribution in [0.5, 0.6) is 5.75 Å². The molecule has 0 aliphatic heterocycles. The second kappa shape index (κ2) is 5.18. The Bertz CT molecular complexity index is 522. The number of benzene rings is 1. The molecule has 0 fully saturated rings. The van der Waals surface area contributed by atoms with Gasteiger partial charge in [-0.2, -0.15) is 5.26 Å². The Labute approximate surface area is 105 Å². The number of alkyl halides is 3. The lowest BCUT2D eigenvalue weighted by atomic mass is 10.1. The molecule has 0 bridgehead atoms. The molecule has 0 aliphatic rings. The van der Waals surface area contributed by atoms with Crippen LogP contribution in [0.3, 0.4) is 0 Å². The molecule has 4 nitrogen and oxygen atoms in total. The van der Waals surface area contributed by atoms with E-state index in [0.29, 0.717) is 0 Å². The lowest BCUT2D eigenvalue weighted by molar-refractivity contribution is -0.274. The molecule has 0 radical (unpaired) electrons. The second-order valence-electron chi connectivity index (χ2n) is 3.02. The average molecular weight is 277 g/mol. The van der Waals surface area contributed by atoms with Crippen molar-refractivity contribution in [3.8, 4) is 11.8 Å². The Morgan fingerprint density at radius 2 is 2.06 bits per heavy atom. The number of carbonyl (C=O) groups is 1. The maximum Gasteiger partial charge on any atom is 0.573 e. The Kier molecular flexibility index (Phi) is 4.08. The zero-order valence-electron chi connectivity index (χ0n) is 8.91. The normalized spacial score (nSPS) is 10.7. The molecule has 0 aromatic heterocycles. The molecule has 0 amide bonds. The van der Waals surface area contributed by atoms with Crippen molar-refractivity contribution in [2.75, 3.05) is 7.11 Å². The molecule has 1 rings (SSSR count). The number of halogens is 3. The molecule has 0 heterocycles. The van der Waals surface area contributed by atoms with Crippen molar-refractivity contribution >= 4 is 18.6 Å². The SMILES string of the molecule is COC(=O)c1cc(C#N)c(S)cc1OC(F)(F)F. The van der Waals surface area contributed by atoms with Crippen LogP contribution in [0.25, 0.3) is 0 Å². The van der Waals surface area contributed by atoms with Crippen molar-refractivity contribution in [2.24, 2.45) is 0 Å². The van der Waals surface area contributed by atoms with Gasteiger partial charge in [0.25, 0.3) is 0 Å². The van der Waals surface area contributed by atoms with Crippen LogP contribution in [-0.4, -0.2) is 19.4 Å². The maximum atomic E-state index is 12.1. The number of hydrogen-bond acceptors (Lipinski definition) is 5. The minimum atomic E-state index is -4.96. The van der Waals surface area contributed by atoms with Crippen molar-refractivity contribution in [1.29, 1.82) is 5.26 Å². The van der Waals surface area contributed by atoms with Crippen molar-refractivity contribution in [3.63, 3.8) is 0 Å². The number of rotatable bonds is 2. The first-order chi connectivity index (χ1) is 8.28. The van der Waals surface area contributed by atoms with Crippen LogP contribution >= 0.6 is 12.6 Å². The predicted molar refractivity (Wildman–Crippen MR) is 56.4 cm³/mol. The number of methoxy groups -OCH3 is 1. The third-order valence-electron chi connectivity index (χ3n) is 1.85. The third-order valence-corrected chi connectivity index (χ3v) is 2.22. The highest BCUT2D eigenvalue weighted by Gasteiger charge is 2.33. The minimum Gasteiger partial charge on any atom is -0.465 e. The third kappa shape index (κ3) is 3.30. The van der Waals surface area contributed by atoms with Crippen molar-refractivity contribution in [3.05, 3.63) is 23.3 Å². The Morgan fingerprint density at radius 3 is 2.50 bits per heavy atom. The standard InChI is InChI=1S/C10H6F3NO3S/c1-16-9(15)6-2-5(4-14)8(18)3-7(6)17-10(11,12)13/h2-3,18H,1H3. The van der Waals surface area contributed by atoms with E-state index in [-0.39, 0.29) is 10.5 Å². The molecule has 0 spiro atoms. The molecule has 1 aromatic carbocycles. The zero-order chi connectivity index (χ0) is 13.9. The van der Waals surface area contributed by atoms with Crippen LogP contribution in [-0.2, 0) is 4.74 Å². The van der Waals surface area contributed by atoms with Crippen LogP contribution in [0.4, 0.5) is 13.2 Å². The fourth-order valence-corrected chi connectivity index (χ4v) is 1.37. The zero-order valence-corrected chi connectivity index (χ0v) is 9.80. The van der Waals surface area contributed by atoms with Gasteiger partial charge in [0.1, 0.15) is 17.4 Å². The largest absolute Gasteiger partial charge is 0.573 e. The molecule has 0 atom stereocenters. The van der Waals surface area contributed by atoms with Gasteiger partial charge in [-0.05, 0) is 12.1 Å². The van der Waals surface area contributed by atoms with E-state index >= 15 is 0 Å². The van der Waals surface area contributed by atoms with Crippen LogP contribution in [0.15, 0.2) is 17.0 Å². The summed E-state index contributed by atoms with van der Waals surface area (Å²) in [5, 5.41) is 8.71. The van der Waals surface area contributed by atoms with E-state index in [1.54, 1.807) is 6.07 Å². The van der Waals surface area contributed by atoms with Gasteiger partial charge in [0, 0.05) is 4.90 Å². The van der Waals surface area contributed by atoms with E-state index in [2.05, 4.69) is 22.1 Å². The van der Waals surface area contributed by atoms with Crippen LogP contribution in [0.1, 0.15) is 15.9 Å². The van der Waals surface area contributed by atoms with Gasteiger partial charge in [-0.25, -0.2) is 4.79 Å². The second-order valence-corrected chi connectivity index (χ2v) is 3.50. The maximum absolute atomic E-state index is 12.1. The van der Waals surface area contributed by atoms with Gasteiger partial charge in [0.05, 0.1) is 12.7 Å². The van der Waals surface area contributed by atoms with Crippen LogP contribution < -0.4 is 4.74 Å². The molecule has 96 valence electrons. The molecule has 0 aliphatic carbocycles. The van der Waals surface area contributed by atoms with Gasteiger partial charge >= 0.3 is 12.3 Å². The molecule has 0 unspecified atom stereocenters. The molecule has 0 saturated heterocycles. The number of esters is 1. The fourth-order valence-electron chi connectivity index (χ4n) is 1.14. The highest BCUT2D eigenvalue weighted by atomic mass is 32.1. The first kappa shape index (κ1) is 14.2. The highest BCUT2D eigenvalue weighted by molar-refractivity contribution is 7.80. The molecule has 18 heavy (non-hydrogen) atoms. The smallest absolute Gasteiger partial charge is 0.465 e. The van der Waals surface area contributed by atoms with E-state index in [1.165, 1.54) is 0 Å². The summed E-state index contributed by atoms with van der Waals surface area (Å²) >= 11 is 3.82. The van der Waals surface area contributed by atoms with E-state index in [9.17, 15) is 18.0 Å². The minimum absolute atomic E-state index is 0.0376. The van der Waals surface area contributed by atoms with E-state index < -0.39 is 23.6 Å². The van der Waals surface area contributed by atoms with Crippen molar-refractivity contribution < 1.29 is 27.4 Å². The van der Waals surface area contributed by atoms with Gasteiger partial charge in [-0.1, -0.05) is 0 Å². The summed E-state index contributed by atoms with van der Waals surface area (Å²) in [7, 11) is 1.00. The summed E-state index contributed by atoms with van der Waals surface area (Å²) in [6.45, 7) is 0. The average Bonchev–Trinajstić information content (AvgIpc) is 2.26. The molecular formula is C10H6F3NO3S. The van der Waals surface area contributed by atoms with Gasteiger partial charge in [-0.3, -0.25) is 0 Å². The van der Waals surface area contributed by atoms with Crippen molar-refractivity contribution in [1.82, 2.24) is 0 Å². The first-order valence-electron chi connectivity index (χ1n) is 4.39. The number of nitrogens with zero attached hydrogens (tertiary/aromatic N) is 1. The van der Waals surface area contributed by atoms with Crippen LogP contribution in [0, 0.1) is 11.3 Å². The van der Waals surface area contributed by atoms with Crippen molar-refractivity contribution in [2.45, 2.75) is 11.3 Å². The predicted octanol–water partition coefficient (Wildman–Crippen LogP) is 2.53. The molecule has 8 heteroatoms. The fraction of sp³-hybridized carbons (Fsp3) is 0.200. The monoisotopic (exact) mass is 277 g/mol. The van der Waals surface area contributed by atoms with Crippen LogP contribution in [0.2, 0.25) is 0 Å². The molecule has 0 saturated carbocycles. The summed E-state index contributed by atoms with van der Waals surface area (Å²) in [5.74, 6) is -1.81. The first-order valence-corrected chi connectivity index (χ1v) is 4.84. The Hall–Kier alpha value is -1.88. The van der Waals surface area contributed by atoms with Gasteiger partial charge < -0.3 is 9.47 Å². The number of ether oxygens (including phenoxy) is 2. The van der Waals surface area contributed by atoms with E-state index in [1.807, 2.05) is 0 Å². The quantitative estimate of drug-likeness (QED) is 0.666. The Balaban J connectivity index is 3.35. The summed E-state index contributed by atoms with van der Waals surface area (Å²) in [6.07, 6.45) is -4.96. The van der Waals surface area contributed by atoms with Gasteiger partial charge in [0.2, 0.25) is 0 Å². The lowest BCUT2D eigenvalue weighted by Crippen LogP contribution is -2.19. The summed E-state index contributed by atoms with van der Waals surface area (Å²) in [5.41, 5.74) is -0.558. The number of carbonyl (C=O) groups excluding carboxylic acids is 1. The summed E-state index contributed by atoms with van der Waals surface area (Å²) in [4.78, 5) is 11.3. The Morgan fingerprint density at radius 1 is 1.44 bits per heavy atom. The number of thiol groups is 1. The van der Waals surface area contributed by atoms with E-state index in [0.717, 1.165) is 19.2 Å². The molecule has 1 aromatic rings. The summed E-state index contributed by atoms with van der Waals surface area (Å²) in [6, 6.07) is 3.44.